The van der Waals surface area contributed by atoms with Gasteiger partial charge in [-0.2, -0.15) is 5.26 Å². The summed E-state index contributed by atoms with van der Waals surface area (Å²) in [5, 5.41) is 8.65. The molecule has 0 amide bonds. The average molecular weight is 260 g/mol. The third-order valence-electron chi connectivity index (χ3n) is 1.89. The van der Waals surface area contributed by atoms with Crippen LogP contribution in [-0.4, -0.2) is 9.97 Å². The Balaban J connectivity index is 2.38. The Morgan fingerprint density at radius 3 is 2.20 bits per heavy atom. The predicted octanol–water partition coefficient (Wildman–Crippen LogP) is 2.78. The number of rotatable bonds is 1. The molecule has 0 aliphatic carbocycles. The number of benzene rings is 1. The highest BCUT2D eigenvalue weighted by Gasteiger charge is 2.00. The molecule has 0 bridgehead atoms. The Bertz CT molecular complexity index is 497. The van der Waals surface area contributed by atoms with Crippen molar-refractivity contribution in [3.63, 3.8) is 0 Å². The Morgan fingerprint density at radius 2 is 1.67 bits per heavy atom. The van der Waals surface area contributed by atoms with Crippen molar-refractivity contribution in [1.29, 1.82) is 5.26 Å². The predicted molar refractivity (Wildman–Crippen MR) is 59.9 cm³/mol. The molecule has 0 spiro atoms. The molecule has 0 unspecified atom stereocenters. The summed E-state index contributed by atoms with van der Waals surface area (Å²) in [7, 11) is 0. The van der Waals surface area contributed by atoms with E-state index in [-0.39, 0.29) is 0 Å². The number of nitriles is 1. The number of halogens is 1. The highest BCUT2D eigenvalue weighted by molar-refractivity contribution is 9.10. The fourth-order valence-electron chi connectivity index (χ4n) is 1.16. The molecule has 0 radical (unpaired) electrons. The molecule has 2 rings (SSSR count). The van der Waals surface area contributed by atoms with Gasteiger partial charge in [-0.1, -0.05) is 0 Å². The molecule has 1 heterocycles. The van der Waals surface area contributed by atoms with E-state index in [0.29, 0.717) is 11.4 Å². The molecule has 72 valence electrons. The zero-order chi connectivity index (χ0) is 10.7. The molecule has 15 heavy (non-hydrogen) atoms. The molecule has 0 aliphatic rings. The molecule has 1 aromatic carbocycles. The first-order chi connectivity index (χ1) is 7.29. The Kier molecular flexibility index (Phi) is 2.75. The topological polar surface area (TPSA) is 49.6 Å². The first-order valence-electron chi connectivity index (χ1n) is 4.27. The normalized spacial score (nSPS) is 9.60. The van der Waals surface area contributed by atoms with E-state index in [1.54, 1.807) is 24.5 Å². The van der Waals surface area contributed by atoms with Crippen molar-refractivity contribution in [1.82, 2.24) is 9.97 Å². The van der Waals surface area contributed by atoms with Crippen molar-refractivity contribution >= 4 is 15.9 Å². The van der Waals surface area contributed by atoms with E-state index in [9.17, 15) is 0 Å². The van der Waals surface area contributed by atoms with Crippen LogP contribution < -0.4 is 0 Å². The molecule has 1 aromatic heterocycles. The minimum Gasteiger partial charge on any atom is -0.235 e. The van der Waals surface area contributed by atoms with Crippen molar-refractivity contribution in [2.45, 2.75) is 0 Å². The van der Waals surface area contributed by atoms with Gasteiger partial charge in [-0.25, -0.2) is 9.97 Å². The van der Waals surface area contributed by atoms with E-state index in [0.717, 1.165) is 10.0 Å². The smallest absolute Gasteiger partial charge is 0.159 e. The Labute approximate surface area is 95.6 Å². The maximum Gasteiger partial charge on any atom is 0.159 e. The summed E-state index contributed by atoms with van der Waals surface area (Å²) < 4.78 is 0.847. The second-order valence-corrected chi connectivity index (χ2v) is 3.83. The van der Waals surface area contributed by atoms with Gasteiger partial charge < -0.3 is 0 Å². The van der Waals surface area contributed by atoms with Gasteiger partial charge in [0, 0.05) is 18.0 Å². The van der Waals surface area contributed by atoms with Gasteiger partial charge in [0.2, 0.25) is 0 Å². The molecule has 0 atom stereocenters. The maximum atomic E-state index is 8.65. The molecule has 3 nitrogen and oxygen atoms in total. The quantitative estimate of drug-likeness (QED) is 0.792. The van der Waals surface area contributed by atoms with Gasteiger partial charge in [0.1, 0.15) is 0 Å². The monoisotopic (exact) mass is 259 g/mol. The molecule has 0 N–H and O–H groups in total. The minimum absolute atomic E-state index is 0.635. The van der Waals surface area contributed by atoms with Gasteiger partial charge in [0.25, 0.3) is 0 Å². The summed E-state index contributed by atoms with van der Waals surface area (Å²) in [5.74, 6) is 0.655. The largest absolute Gasteiger partial charge is 0.235 e. The van der Waals surface area contributed by atoms with Crippen molar-refractivity contribution in [3.8, 4) is 17.5 Å². The fraction of sp³-hybridized carbons (Fsp3) is 0. The third-order valence-corrected chi connectivity index (χ3v) is 2.30. The van der Waals surface area contributed by atoms with Crippen LogP contribution in [0.1, 0.15) is 5.56 Å². The Hall–Kier alpha value is -1.73. The van der Waals surface area contributed by atoms with Crippen LogP contribution in [0.2, 0.25) is 0 Å². The van der Waals surface area contributed by atoms with Crippen molar-refractivity contribution in [3.05, 3.63) is 46.7 Å². The van der Waals surface area contributed by atoms with E-state index in [2.05, 4.69) is 32.0 Å². The SMILES string of the molecule is N#Cc1ccc(-c2ncc(Br)cn2)cc1. The second kappa shape index (κ2) is 4.20. The van der Waals surface area contributed by atoms with Gasteiger partial charge in [-0.3, -0.25) is 0 Å². The number of hydrogen-bond donors (Lipinski definition) is 0. The zero-order valence-electron chi connectivity index (χ0n) is 7.68. The summed E-state index contributed by atoms with van der Waals surface area (Å²) >= 11 is 3.27. The summed E-state index contributed by atoms with van der Waals surface area (Å²) in [4.78, 5) is 8.33. The fourth-order valence-corrected chi connectivity index (χ4v) is 1.36. The van der Waals surface area contributed by atoms with Crippen LogP contribution in [0.15, 0.2) is 41.1 Å². The Morgan fingerprint density at radius 1 is 1.07 bits per heavy atom. The van der Waals surface area contributed by atoms with Gasteiger partial charge in [0.15, 0.2) is 5.82 Å². The summed E-state index contributed by atoms with van der Waals surface area (Å²) in [6, 6.07) is 9.24. The average Bonchev–Trinajstić information content (AvgIpc) is 2.30. The van der Waals surface area contributed by atoms with Gasteiger partial charge in [0.05, 0.1) is 16.1 Å². The molecule has 4 heteroatoms. The molecule has 0 aliphatic heterocycles. The molecule has 2 aromatic rings. The van der Waals surface area contributed by atoms with Gasteiger partial charge in [-0.15, -0.1) is 0 Å². The maximum absolute atomic E-state index is 8.65. The van der Waals surface area contributed by atoms with Crippen LogP contribution in [0.25, 0.3) is 11.4 Å². The van der Waals surface area contributed by atoms with E-state index in [4.69, 9.17) is 5.26 Å². The number of hydrogen-bond acceptors (Lipinski definition) is 3. The van der Waals surface area contributed by atoms with Crippen LogP contribution in [0.5, 0.6) is 0 Å². The van der Waals surface area contributed by atoms with E-state index in [1.807, 2.05) is 12.1 Å². The minimum atomic E-state index is 0.635. The molecule has 0 saturated carbocycles. The lowest BCUT2D eigenvalue weighted by atomic mass is 10.1. The first-order valence-corrected chi connectivity index (χ1v) is 5.07. The molecular formula is C11H6BrN3. The molecule has 0 fully saturated rings. The van der Waals surface area contributed by atoms with Crippen molar-refractivity contribution in [2.24, 2.45) is 0 Å². The first kappa shape index (κ1) is 9.81. The van der Waals surface area contributed by atoms with Gasteiger partial charge in [-0.05, 0) is 40.2 Å². The number of aromatic nitrogens is 2. The lowest BCUT2D eigenvalue weighted by Crippen LogP contribution is -1.87. The zero-order valence-corrected chi connectivity index (χ0v) is 9.27. The number of nitrogens with zero attached hydrogens (tertiary/aromatic N) is 3. The highest BCUT2D eigenvalue weighted by atomic mass is 79.9. The molecule has 0 saturated heterocycles. The van der Waals surface area contributed by atoms with Crippen LogP contribution in [0.3, 0.4) is 0 Å². The molecular weight excluding hydrogens is 254 g/mol. The van der Waals surface area contributed by atoms with Crippen molar-refractivity contribution < 1.29 is 0 Å². The highest BCUT2D eigenvalue weighted by Crippen LogP contribution is 2.16. The van der Waals surface area contributed by atoms with Crippen molar-refractivity contribution in [2.75, 3.05) is 0 Å². The van der Waals surface area contributed by atoms with Crippen LogP contribution in [0, 0.1) is 11.3 Å². The van der Waals surface area contributed by atoms with E-state index >= 15 is 0 Å². The second-order valence-electron chi connectivity index (χ2n) is 2.91. The van der Waals surface area contributed by atoms with Gasteiger partial charge >= 0.3 is 0 Å². The van der Waals surface area contributed by atoms with Crippen LogP contribution in [-0.2, 0) is 0 Å². The van der Waals surface area contributed by atoms with E-state index in [1.165, 1.54) is 0 Å². The van der Waals surface area contributed by atoms with Crippen LogP contribution in [0.4, 0.5) is 0 Å². The lowest BCUT2D eigenvalue weighted by molar-refractivity contribution is 1.16. The third kappa shape index (κ3) is 2.20. The standard InChI is InChI=1S/C11H6BrN3/c12-10-6-14-11(15-7-10)9-3-1-8(5-13)2-4-9/h1-4,6-7H. The lowest BCUT2D eigenvalue weighted by Gasteiger charge is -1.99. The van der Waals surface area contributed by atoms with E-state index < -0.39 is 0 Å². The summed E-state index contributed by atoms with van der Waals surface area (Å²) in [5.41, 5.74) is 1.54. The summed E-state index contributed by atoms with van der Waals surface area (Å²) in [6.45, 7) is 0. The van der Waals surface area contributed by atoms with Crippen LogP contribution >= 0.6 is 15.9 Å². The summed E-state index contributed by atoms with van der Waals surface area (Å²) in [6.07, 6.45) is 3.39.